The van der Waals surface area contributed by atoms with Crippen LogP contribution in [0.3, 0.4) is 0 Å². The van der Waals surface area contributed by atoms with Crippen molar-refractivity contribution in [3.63, 3.8) is 0 Å². The van der Waals surface area contributed by atoms with Crippen LogP contribution in [-0.2, 0) is 0 Å². The summed E-state index contributed by atoms with van der Waals surface area (Å²) in [6.07, 6.45) is 0.774. The lowest BCUT2D eigenvalue weighted by atomic mass is 9.98. The Morgan fingerprint density at radius 1 is 1.29 bits per heavy atom. The monoisotopic (exact) mass is 197 g/mol. The van der Waals surface area contributed by atoms with Crippen LogP contribution in [0.15, 0.2) is 0 Å². The third-order valence-electron chi connectivity index (χ3n) is 2.28. The molecule has 0 spiro atoms. The maximum atomic E-state index is 12.8. The molecule has 1 fully saturated rings. The summed E-state index contributed by atoms with van der Waals surface area (Å²) in [4.78, 5) is 2.23. The van der Waals surface area contributed by atoms with Crippen LogP contribution >= 0.6 is 0 Å². The zero-order chi connectivity index (χ0) is 10.6. The lowest BCUT2D eigenvalue weighted by Crippen LogP contribution is -2.34. The second-order valence-electron chi connectivity index (χ2n) is 5.00. The Bertz CT molecular complexity index is 223. The summed E-state index contributed by atoms with van der Waals surface area (Å²) in [6.45, 7) is 8.83. The third kappa shape index (κ3) is 4.62. The van der Waals surface area contributed by atoms with Crippen LogP contribution < -0.4 is 0 Å². The molecule has 80 valence electrons. The Kier molecular flexibility index (Phi) is 3.95. The summed E-state index contributed by atoms with van der Waals surface area (Å²) < 4.78 is 12.8. The fourth-order valence-corrected chi connectivity index (χ4v) is 1.48. The molecule has 0 N–H and O–H groups in total. The van der Waals surface area contributed by atoms with Gasteiger partial charge in [0.1, 0.15) is 6.17 Å². The van der Waals surface area contributed by atoms with E-state index in [0.29, 0.717) is 12.8 Å². The minimum atomic E-state index is -0.582. The van der Waals surface area contributed by atoms with E-state index in [0.717, 1.165) is 19.6 Å². The van der Waals surface area contributed by atoms with Crippen molar-refractivity contribution < 1.29 is 4.39 Å². The van der Waals surface area contributed by atoms with Crippen molar-refractivity contribution >= 4 is 0 Å². The molecular formula is C12H20FN. The first kappa shape index (κ1) is 11.5. The predicted molar refractivity (Wildman–Crippen MR) is 57.8 cm³/mol. The van der Waals surface area contributed by atoms with Crippen LogP contribution in [0.25, 0.3) is 0 Å². The number of rotatable bonds is 1. The zero-order valence-electron chi connectivity index (χ0n) is 9.44. The van der Waals surface area contributed by atoms with Crippen molar-refractivity contribution in [2.24, 2.45) is 5.41 Å². The van der Waals surface area contributed by atoms with Gasteiger partial charge in [-0.3, -0.25) is 4.90 Å². The molecule has 1 saturated heterocycles. The van der Waals surface area contributed by atoms with Gasteiger partial charge < -0.3 is 0 Å². The minimum Gasteiger partial charge on any atom is -0.292 e. The molecule has 0 aromatic carbocycles. The standard InChI is InChI=1S/C12H20FN/c1-12(2,3)7-4-8-14-9-5-11(13)6-10-14/h11H,5-6,8-10H2,1-3H3. The van der Waals surface area contributed by atoms with Crippen LogP contribution in [0.4, 0.5) is 4.39 Å². The Balaban J connectivity index is 2.28. The molecule has 2 heteroatoms. The second-order valence-corrected chi connectivity index (χ2v) is 5.00. The van der Waals surface area contributed by atoms with E-state index in [4.69, 9.17) is 0 Å². The SMILES string of the molecule is CC(C)(C)C#CCN1CCC(F)CC1. The van der Waals surface area contributed by atoms with Crippen molar-refractivity contribution in [3.8, 4) is 11.8 Å². The van der Waals surface area contributed by atoms with Gasteiger partial charge in [0.2, 0.25) is 0 Å². The molecule has 1 rings (SSSR count). The molecule has 1 aliphatic rings. The van der Waals surface area contributed by atoms with Gasteiger partial charge in [-0.1, -0.05) is 11.8 Å². The van der Waals surface area contributed by atoms with E-state index in [1.807, 2.05) is 0 Å². The summed E-state index contributed by atoms with van der Waals surface area (Å²) in [6, 6.07) is 0. The van der Waals surface area contributed by atoms with Crippen molar-refractivity contribution in [2.75, 3.05) is 19.6 Å². The maximum absolute atomic E-state index is 12.8. The Morgan fingerprint density at radius 3 is 2.36 bits per heavy atom. The number of hydrogen-bond donors (Lipinski definition) is 0. The van der Waals surface area contributed by atoms with Crippen molar-refractivity contribution in [2.45, 2.75) is 39.8 Å². The van der Waals surface area contributed by atoms with Gasteiger partial charge in [0.05, 0.1) is 6.54 Å². The van der Waals surface area contributed by atoms with Gasteiger partial charge in [0.15, 0.2) is 0 Å². The van der Waals surface area contributed by atoms with E-state index in [2.05, 4.69) is 37.5 Å². The lowest BCUT2D eigenvalue weighted by molar-refractivity contribution is 0.164. The molecular weight excluding hydrogens is 177 g/mol. The molecule has 0 aromatic heterocycles. The van der Waals surface area contributed by atoms with Gasteiger partial charge >= 0.3 is 0 Å². The fraction of sp³-hybridized carbons (Fsp3) is 0.833. The van der Waals surface area contributed by atoms with E-state index in [1.165, 1.54) is 0 Å². The molecule has 0 aromatic rings. The number of likely N-dealkylation sites (tertiary alicyclic amines) is 1. The average Bonchev–Trinajstić information content (AvgIpc) is 2.06. The van der Waals surface area contributed by atoms with Crippen LogP contribution in [-0.4, -0.2) is 30.7 Å². The molecule has 0 aliphatic carbocycles. The smallest absolute Gasteiger partial charge is 0.103 e. The number of hydrogen-bond acceptors (Lipinski definition) is 1. The molecule has 1 heterocycles. The van der Waals surface area contributed by atoms with Gasteiger partial charge in [0.25, 0.3) is 0 Å². The molecule has 14 heavy (non-hydrogen) atoms. The molecule has 0 bridgehead atoms. The number of piperidine rings is 1. The first-order valence-electron chi connectivity index (χ1n) is 5.34. The molecule has 0 atom stereocenters. The van der Waals surface area contributed by atoms with Gasteiger partial charge in [-0.25, -0.2) is 4.39 Å². The van der Waals surface area contributed by atoms with Crippen molar-refractivity contribution in [1.82, 2.24) is 4.90 Å². The van der Waals surface area contributed by atoms with Gasteiger partial charge in [-0.05, 0) is 33.6 Å². The summed E-state index contributed by atoms with van der Waals surface area (Å²) in [7, 11) is 0. The van der Waals surface area contributed by atoms with Gasteiger partial charge in [-0.15, -0.1) is 0 Å². The topological polar surface area (TPSA) is 3.24 Å². The first-order chi connectivity index (χ1) is 6.47. The number of alkyl halides is 1. The summed E-state index contributed by atoms with van der Waals surface area (Å²) in [5, 5.41) is 0. The van der Waals surface area contributed by atoms with Gasteiger partial charge in [0, 0.05) is 18.5 Å². The molecule has 0 amide bonds. The average molecular weight is 197 g/mol. The Hall–Kier alpha value is -0.550. The molecule has 0 unspecified atom stereocenters. The highest BCUT2D eigenvalue weighted by atomic mass is 19.1. The second kappa shape index (κ2) is 4.79. The highest BCUT2D eigenvalue weighted by molar-refractivity contribution is 5.08. The summed E-state index contributed by atoms with van der Waals surface area (Å²) in [5.74, 6) is 6.36. The van der Waals surface area contributed by atoms with E-state index >= 15 is 0 Å². The normalized spacial score (nSPS) is 20.3. The quantitative estimate of drug-likeness (QED) is 0.584. The van der Waals surface area contributed by atoms with Crippen LogP contribution in [0.2, 0.25) is 0 Å². The zero-order valence-corrected chi connectivity index (χ0v) is 9.44. The maximum Gasteiger partial charge on any atom is 0.103 e. The molecule has 1 aliphatic heterocycles. The summed E-state index contributed by atoms with van der Waals surface area (Å²) >= 11 is 0. The van der Waals surface area contributed by atoms with E-state index < -0.39 is 6.17 Å². The summed E-state index contributed by atoms with van der Waals surface area (Å²) in [5.41, 5.74) is 0.0818. The van der Waals surface area contributed by atoms with Crippen LogP contribution in [0.5, 0.6) is 0 Å². The Labute approximate surface area is 86.7 Å². The number of nitrogens with zero attached hydrogens (tertiary/aromatic N) is 1. The predicted octanol–water partition coefficient (Wildman–Crippen LogP) is 2.47. The fourth-order valence-electron chi connectivity index (χ4n) is 1.48. The van der Waals surface area contributed by atoms with Crippen LogP contribution in [0.1, 0.15) is 33.6 Å². The molecule has 1 nitrogen and oxygen atoms in total. The van der Waals surface area contributed by atoms with E-state index in [1.54, 1.807) is 0 Å². The lowest BCUT2D eigenvalue weighted by Gasteiger charge is -2.26. The van der Waals surface area contributed by atoms with Gasteiger partial charge in [-0.2, -0.15) is 0 Å². The highest BCUT2D eigenvalue weighted by Crippen LogP contribution is 2.13. The van der Waals surface area contributed by atoms with Crippen molar-refractivity contribution in [1.29, 1.82) is 0 Å². The third-order valence-corrected chi connectivity index (χ3v) is 2.28. The van der Waals surface area contributed by atoms with E-state index in [-0.39, 0.29) is 5.41 Å². The van der Waals surface area contributed by atoms with E-state index in [9.17, 15) is 4.39 Å². The Morgan fingerprint density at radius 2 is 1.86 bits per heavy atom. The number of halogens is 1. The minimum absolute atomic E-state index is 0.0818. The molecule has 0 radical (unpaired) electrons. The first-order valence-corrected chi connectivity index (χ1v) is 5.34. The largest absolute Gasteiger partial charge is 0.292 e. The highest BCUT2D eigenvalue weighted by Gasteiger charge is 2.17. The van der Waals surface area contributed by atoms with Crippen LogP contribution in [0, 0.1) is 17.3 Å². The van der Waals surface area contributed by atoms with Crippen molar-refractivity contribution in [3.05, 3.63) is 0 Å². The molecule has 0 saturated carbocycles.